The summed E-state index contributed by atoms with van der Waals surface area (Å²) < 4.78 is 0. The van der Waals surface area contributed by atoms with Crippen LogP contribution in [-0.2, 0) is 11.3 Å². The fourth-order valence-electron chi connectivity index (χ4n) is 3.20. The molecule has 4 nitrogen and oxygen atoms in total. The summed E-state index contributed by atoms with van der Waals surface area (Å²) in [6.07, 6.45) is 5.28. The molecule has 0 saturated carbocycles. The molecule has 0 aliphatic carbocycles. The van der Waals surface area contributed by atoms with Gasteiger partial charge in [-0.05, 0) is 37.3 Å². The Morgan fingerprint density at radius 1 is 1.38 bits per heavy atom. The lowest BCUT2D eigenvalue weighted by molar-refractivity contribution is -0.144. The van der Waals surface area contributed by atoms with Crippen LogP contribution in [0, 0.1) is 5.92 Å². The molecule has 2 unspecified atom stereocenters. The number of carbonyl (C=O) groups is 1. The van der Waals surface area contributed by atoms with Crippen LogP contribution in [-0.4, -0.2) is 33.5 Å². The quantitative estimate of drug-likeness (QED) is 0.941. The molecular formula is C17H20N2O2. The second kappa shape index (κ2) is 5.82. The molecule has 0 amide bonds. The van der Waals surface area contributed by atoms with Gasteiger partial charge in [0.15, 0.2) is 0 Å². The molecule has 1 aliphatic heterocycles. The number of rotatable bonds is 3. The smallest absolute Gasteiger partial charge is 0.306 e. The molecule has 0 spiro atoms. The van der Waals surface area contributed by atoms with Crippen molar-refractivity contribution in [3.63, 3.8) is 0 Å². The Bertz CT molecular complexity index is 651. The largest absolute Gasteiger partial charge is 0.481 e. The van der Waals surface area contributed by atoms with Crippen LogP contribution < -0.4 is 0 Å². The van der Waals surface area contributed by atoms with Gasteiger partial charge in [0.05, 0.1) is 5.92 Å². The Kier molecular flexibility index (Phi) is 3.88. The molecule has 0 radical (unpaired) electrons. The van der Waals surface area contributed by atoms with E-state index in [2.05, 4.69) is 28.9 Å². The molecule has 1 N–H and O–H groups in total. The topological polar surface area (TPSA) is 53.4 Å². The summed E-state index contributed by atoms with van der Waals surface area (Å²) in [6.45, 7) is 3.79. The van der Waals surface area contributed by atoms with Gasteiger partial charge in [0.1, 0.15) is 0 Å². The van der Waals surface area contributed by atoms with Crippen molar-refractivity contribution in [2.75, 3.05) is 6.54 Å². The van der Waals surface area contributed by atoms with E-state index in [4.69, 9.17) is 5.11 Å². The number of aliphatic carboxylic acids is 1. The Labute approximate surface area is 124 Å². The number of carboxylic acids is 1. The van der Waals surface area contributed by atoms with Crippen molar-refractivity contribution in [1.29, 1.82) is 0 Å². The zero-order valence-corrected chi connectivity index (χ0v) is 12.2. The fourth-order valence-corrected chi connectivity index (χ4v) is 3.20. The minimum Gasteiger partial charge on any atom is -0.481 e. The number of benzene rings is 1. The van der Waals surface area contributed by atoms with Crippen LogP contribution in [0.1, 0.15) is 25.3 Å². The Morgan fingerprint density at radius 3 is 2.95 bits per heavy atom. The highest BCUT2D eigenvalue weighted by molar-refractivity contribution is 5.84. The average Bonchev–Trinajstić information content (AvgIpc) is 2.49. The van der Waals surface area contributed by atoms with Crippen molar-refractivity contribution in [1.82, 2.24) is 9.88 Å². The van der Waals surface area contributed by atoms with E-state index in [0.717, 1.165) is 31.3 Å². The summed E-state index contributed by atoms with van der Waals surface area (Å²) in [6, 6.07) is 8.56. The first-order valence-corrected chi connectivity index (χ1v) is 7.43. The van der Waals surface area contributed by atoms with E-state index in [1.54, 1.807) is 0 Å². The molecule has 2 atom stereocenters. The molecule has 1 aliphatic rings. The predicted octanol–water partition coefficient (Wildman–Crippen LogP) is 2.92. The van der Waals surface area contributed by atoms with Gasteiger partial charge in [-0.1, -0.05) is 24.3 Å². The third kappa shape index (κ3) is 2.90. The van der Waals surface area contributed by atoms with Gasteiger partial charge < -0.3 is 5.11 Å². The van der Waals surface area contributed by atoms with Crippen LogP contribution >= 0.6 is 0 Å². The van der Waals surface area contributed by atoms with E-state index in [9.17, 15) is 4.79 Å². The number of carboxylic acid groups (broad SMARTS) is 1. The number of nitrogens with zero attached hydrogens (tertiary/aromatic N) is 2. The zero-order valence-electron chi connectivity index (χ0n) is 12.2. The standard InChI is InChI=1S/C17H20N2O2/c1-12-8-13(17(20)21)6-7-19(12)11-15-10-18-9-14-4-2-3-5-16(14)15/h2-5,9-10,12-13H,6-8,11H2,1H3,(H,20,21). The van der Waals surface area contributed by atoms with Gasteiger partial charge >= 0.3 is 5.97 Å². The monoisotopic (exact) mass is 284 g/mol. The van der Waals surface area contributed by atoms with E-state index in [0.29, 0.717) is 6.04 Å². The van der Waals surface area contributed by atoms with Gasteiger partial charge in [-0.15, -0.1) is 0 Å². The number of hydrogen-bond acceptors (Lipinski definition) is 3. The first-order chi connectivity index (χ1) is 10.1. The summed E-state index contributed by atoms with van der Waals surface area (Å²) >= 11 is 0. The molecular weight excluding hydrogens is 264 g/mol. The van der Waals surface area contributed by atoms with Crippen LogP contribution in [0.5, 0.6) is 0 Å². The van der Waals surface area contributed by atoms with E-state index >= 15 is 0 Å². The maximum Gasteiger partial charge on any atom is 0.306 e. The van der Waals surface area contributed by atoms with Gasteiger partial charge in [0, 0.05) is 30.4 Å². The van der Waals surface area contributed by atoms with Crippen LogP contribution in [0.4, 0.5) is 0 Å². The van der Waals surface area contributed by atoms with Crippen LogP contribution in [0.15, 0.2) is 36.7 Å². The number of hydrogen-bond donors (Lipinski definition) is 1. The molecule has 2 heterocycles. The van der Waals surface area contributed by atoms with Crippen molar-refractivity contribution < 1.29 is 9.90 Å². The number of piperidine rings is 1. The maximum absolute atomic E-state index is 11.1. The van der Waals surface area contributed by atoms with Crippen LogP contribution in [0.3, 0.4) is 0 Å². The summed E-state index contributed by atoms with van der Waals surface area (Å²) in [7, 11) is 0. The molecule has 2 aromatic rings. The van der Waals surface area contributed by atoms with E-state index in [1.165, 1.54) is 10.9 Å². The molecule has 3 rings (SSSR count). The Morgan fingerprint density at radius 2 is 2.19 bits per heavy atom. The molecule has 1 saturated heterocycles. The summed E-state index contributed by atoms with van der Waals surface area (Å²) in [5.41, 5.74) is 1.22. The predicted molar refractivity (Wildman–Crippen MR) is 82.0 cm³/mol. The molecule has 21 heavy (non-hydrogen) atoms. The van der Waals surface area contributed by atoms with Gasteiger partial charge in [0.25, 0.3) is 0 Å². The van der Waals surface area contributed by atoms with Gasteiger partial charge in [0.2, 0.25) is 0 Å². The highest BCUT2D eigenvalue weighted by atomic mass is 16.4. The van der Waals surface area contributed by atoms with E-state index < -0.39 is 5.97 Å². The summed E-state index contributed by atoms with van der Waals surface area (Å²) in [5, 5.41) is 11.5. The molecule has 1 aromatic heterocycles. The van der Waals surface area contributed by atoms with E-state index in [-0.39, 0.29) is 5.92 Å². The Balaban J connectivity index is 1.78. The molecule has 1 aromatic carbocycles. The van der Waals surface area contributed by atoms with Crippen molar-refractivity contribution in [3.05, 3.63) is 42.2 Å². The lowest BCUT2D eigenvalue weighted by Crippen LogP contribution is -2.42. The van der Waals surface area contributed by atoms with E-state index in [1.807, 2.05) is 24.5 Å². The van der Waals surface area contributed by atoms with Crippen molar-refractivity contribution in [2.45, 2.75) is 32.4 Å². The molecule has 1 fully saturated rings. The number of aromatic nitrogens is 1. The third-order valence-electron chi connectivity index (χ3n) is 4.49. The number of likely N-dealkylation sites (tertiary alicyclic amines) is 1. The minimum absolute atomic E-state index is 0.193. The van der Waals surface area contributed by atoms with Gasteiger partial charge in [-0.2, -0.15) is 0 Å². The number of fused-ring (bicyclic) bond motifs is 1. The lowest BCUT2D eigenvalue weighted by Gasteiger charge is -2.36. The summed E-state index contributed by atoms with van der Waals surface area (Å²) in [5.74, 6) is -0.852. The minimum atomic E-state index is -0.659. The maximum atomic E-state index is 11.1. The van der Waals surface area contributed by atoms with Crippen molar-refractivity contribution in [3.8, 4) is 0 Å². The number of pyridine rings is 1. The SMILES string of the molecule is CC1CC(C(=O)O)CCN1Cc1cncc2ccccc12. The second-order valence-electron chi connectivity index (χ2n) is 5.90. The second-order valence-corrected chi connectivity index (χ2v) is 5.90. The molecule has 4 heteroatoms. The zero-order chi connectivity index (χ0) is 14.8. The van der Waals surface area contributed by atoms with Crippen LogP contribution in [0.25, 0.3) is 10.8 Å². The van der Waals surface area contributed by atoms with Gasteiger partial charge in [-0.25, -0.2) is 0 Å². The fraction of sp³-hybridized carbons (Fsp3) is 0.412. The average molecular weight is 284 g/mol. The van der Waals surface area contributed by atoms with Crippen molar-refractivity contribution in [2.24, 2.45) is 5.92 Å². The normalized spacial score (nSPS) is 23.3. The van der Waals surface area contributed by atoms with Crippen LogP contribution in [0.2, 0.25) is 0 Å². The summed E-state index contributed by atoms with van der Waals surface area (Å²) in [4.78, 5) is 17.8. The highest BCUT2D eigenvalue weighted by Crippen LogP contribution is 2.26. The van der Waals surface area contributed by atoms with Gasteiger partial charge in [-0.3, -0.25) is 14.7 Å². The first kappa shape index (κ1) is 14.0. The highest BCUT2D eigenvalue weighted by Gasteiger charge is 2.29. The lowest BCUT2D eigenvalue weighted by atomic mass is 9.91. The molecule has 0 bridgehead atoms. The van der Waals surface area contributed by atoms with Crippen molar-refractivity contribution >= 4 is 16.7 Å². The first-order valence-electron chi connectivity index (χ1n) is 7.43. The molecule has 110 valence electrons. The Hall–Kier alpha value is -1.94. The third-order valence-corrected chi connectivity index (χ3v) is 4.49.